The predicted octanol–water partition coefficient (Wildman–Crippen LogP) is 1.45. The monoisotopic (exact) mass is 278 g/mol. The Hall–Kier alpha value is -2.28. The number of hydrogen-bond donors (Lipinski definition) is 2. The molecule has 0 saturated carbocycles. The van der Waals surface area contributed by atoms with Gasteiger partial charge in [0.05, 0.1) is 11.8 Å². The number of amides is 1. The Bertz CT molecular complexity index is 653. The molecular formula is C12H11FN4OS. The van der Waals surface area contributed by atoms with E-state index in [4.69, 9.17) is 18.0 Å². The molecule has 0 spiro atoms. The van der Waals surface area contributed by atoms with Crippen molar-refractivity contribution >= 4 is 28.9 Å². The van der Waals surface area contributed by atoms with Crippen molar-refractivity contribution < 1.29 is 9.18 Å². The average molecular weight is 278 g/mol. The summed E-state index contributed by atoms with van der Waals surface area (Å²) < 4.78 is 14.5. The number of halogens is 1. The first-order valence-electron chi connectivity index (χ1n) is 5.37. The van der Waals surface area contributed by atoms with Crippen molar-refractivity contribution in [1.29, 1.82) is 0 Å². The van der Waals surface area contributed by atoms with Crippen LogP contribution in [-0.4, -0.2) is 20.7 Å². The summed E-state index contributed by atoms with van der Waals surface area (Å²) in [4.78, 5) is 12.1. The number of nitrogens with two attached hydrogens (primary N) is 1. The molecule has 1 amide bonds. The van der Waals surface area contributed by atoms with E-state index < -0.39 is 11.7 Å². The molecule has 7 heteroatoms. The van der Waals surface area contributed by atoms with Gasteiger partial charge in [-0.25, -0.2) is 4.39 Å². The summed E-state index contributed by atoms with van der Waals surface area (Å²) in [6, 6.07) is 5.38. The number of anilines is 1. The van der Waals surface area contributed by atoms with E-state index in [0.717, 1.165) is 6.07 Å². The van der Waals surface area contributed by atoms with Gasteiger partial charge in [-0.15, -0.1) is 0 Å². The Morgan fingerprint density at radius 2 is 2.26 bits per heavy atom. The number of rotatable bonds is 3. The minimum atomic E-state index is -0.479. The molecule has 0 aliphatic rings. The van der Waals surface area contributed by atoms with Crippen LogP contribution in [0.4, 0.5) is 10.2 Å². The normalized spacial score (nSPS) is 10.2. The number of nitrogens with zero attached hydrogens (tertiary/aromatic N) is 2. The van der Waals surface area contributed by atoms with Crippen LogP contribution in [0, 0.1) is 5.82 Å². The third kappa shape index (κ3) is 2.76. The zero-order chi connectivity index (χ0) is 14.0. The van der Waals surface area contributed by atoms with E-state index in [0.29, 0.717) is 11.4 Å². The maximum Gasteiger partial charge on any atom is 0.256 e. The van der Waals surface area contributed by atoms with Gasteiger partial charge in [0.2, 0.25) is 0 Å². The third-order valence-electron chi connectivity index (χ3n) is 2.52. The van der Waals surface area contributed by atoms with Gasteiger partial charge in [-0.2, -0.15) is 5.10 Å². The second-order valence-electron chi connectivity index (χ2n) is 3.86. The van der Waals surface area contributed by atoms with Gasteiger partial charge in [0.1, 0.15) is 16.6 Å². The summed E-state index contributed by atoms with van der Waals surface area (Å²) in [5.41, 5.74) is 6.20. The van der Waals surface area contributed by atoms with Crippen LogP contribution in [0.1, 0.15) is 15.9 Å². The number of aryl methyl sites for hydroxylation is 1. The molecule has 98 valence electrons. The number of carbonyl (C=O) groups is 1. The van der Waals surface area contributed by atoms with Gasteiger partial charge in [0.15, 0.2) is 0 Å². The Morgan fingerprint density at radius 1 is 1.53 bits per heavy atom. The Labute approximate surface area is 114 Å². The summed E-state index contributed by atoms with van der Waals surface area (Å²) in [5.74, 6) is -0.561. The summed E-state index contributed by atoms with van der Waals surface area (Å²) in [6.07, 6.45) is 1.46. The van der Waals surface area contributed by atoms with Crippen LogP contribution in [0.2, 0.25) is 0 Å². The highest BCUT2D eigenvalue weighted by Gasteiger charge is 2.15. The van der Waals surface area contributed by atoms with Crippen LogP contribution in [-0.2, 0) is 7.05 Å². The van der Waals surface area contributed by atoms with Crippen molar-refractivity contribution in [3.63, 3.8) is 0 Å². The predicted molar refractivity (Wildman–Crippen MR) is 73.4 cm³/mol. The Kier molecular flexibility index (Phi) is 3.57. The zero-order valence-corrected chi connectivity index (χ0v) is 10.9. The van der Waals surface area contributed by atoms with Gasteiger partial charge in [-0.3, -0.25) is 9.48 Å². The van der Waals surface area contributed by atoms with Crippen LogP contribution in [0.3, 0.4) is 0 Å². The Balaban J connectivity index is 2.29. The average Bonchev–Trinajstić information content (AvgIpc) is 2.71. The molecule has 1 aromatic heterocycles. The first-order valence-corrected chi connectivity index (χ1v) is 5.78. The number of carbonyl (C=O) groups excluding carboxylic acids is 1. The number of benzene rings is 1. The standard InChI is InChI=1S/C12H11FN4OS/c1-17-11(9(6-15-17)10(14)19)16-12(18)7-3-2-4-8(13)5-7/h2-6H,1H3,(H2,14,19)(H,16,18). The molecule has 19 heavy (non-hydrogen) atoms. The van der Waals surface area contributed by atoms with Crippen molar-refractivity contribution in [3.05, 3.63) is 47.4 Å². The number of aromatic nitrogens is 2. The van der Waals surface area contributed by atoms with Crippen molar-refractivity contribution in [2.45, 2.75) is 0 Å². The lowest BCUT2D eigenvalue weighted by atomic mass is 10.2. The fourth-order valence-electron chi connectivity index (χ4n) is 1.58. The quantitative estimate of drug-likeness (QED) is 0.833. The second-order valence-corrected chi connectivity index (χ2v) is 4.30. The molecule has 0 radical (unpaired) electrons. The Morgan fingerprint density at radius 3 is 2.89 bits per heavy atom. The SMILES string of the molecule is Cn1ncc(C(N)=S)c1NC(=O)c1cccc(F)c1. The van der Waals surface area contributed by atoms with Crippen molar-refractivity contribution in [2.75, 3.05) is 5.32 Å². The molecule has 0 bridgehead atoms. The van der Waals surface area contributed by atoms with Gasteiger partial charge in [-0.1, -0.05) is 18.3 Å². The van der Waals surface area contributed by atoms with Crippen molar-refractivity contribution in [2.24, 2.45) is 12.8 Å². The summed E-state index contributed by atoms with van der Waals surface area (Å²) >= 11 is 4.87. The number of hydrogen-bond acceptors (Lipinski definition) is 3. The molecule has 0 aliphatic carbocycles. The van der Waals surface area contributed by atoms with Crippen LogP contribution >= 0.6 is 12.2 Å². The van der Waals surface area contributed by atoms with Gasteiger partial charge in [-0.05, 0) is 18.2 Å². The maximum atomic E-state index is 13.1. The zero-order valence-electron chi connectivity index (χ0n) is 10.1. The van der Waals surface area contributed by atoms with E-state index in [-0.39, 0.29) is 10.6 Å². The van der Waals surface area contributed by atoms with Gasteiger partial charge < -0.3 is 11.1 Å². The fourth-order valence-corrected chi connectivity index (χ4v) is 1.72. The van der Waals surface area contributed by atoms with Crippen LogP contribution < -0.4 is 11.1 Å². The van der Waals surface area contributed by atoms with Gasteiger partial charge in [0.25, 0.3) is 5.91 Å². The molecule has 5 nitrogen and oxygen atoms in total. The van der Waals surface area contributed by atoms with E-state index in [1.54, 1.807) is 7.05 Å². The summed E-state index contributed by atoms with van der Waals surface area (Å²) in [5, 5.41) is 6.57. The summed E-state index contributed by atoms with van der Waals surface area (Å²) in [6.45, 7) is 0. The lowest BCUT2D eigenvalue weighted by molar-refractivity contribution is 0.102. The maximum absolute atomic E-state index is 13.1. The molecule has 2 aromatic rings. The van der Waals surface area contributed by atoms with E-state index in [9.17, 15) is 9.18 Å². The lowest BCUT2D eigenvalue weighted by Gasteiger charge is -2.07. The molecule has 1 aromatic carbocycles. The smallest absolute Gasteiger partial charge is 0.256 e. The minimum absolute atomic E-state index is 0.127. The topological polar surface area (TPSA) is 72.9 Å². The van der Waals surface area contributed by atoms with E-state index in [1.807, 2.05) is 0 Å². The number of nitrogens with one attached hydrogen (secondary N) is 1. The first kappa shape index (κ1) is 13.2. The molecule has 0 fully saturated rings. The highest BCUT2D eigenvalue weighted by Crippen LogP contribution is 2.15. The third-order valence-corrected chi connectivity index (χ3v) is 2.74. The van der Waals surface area contributed by atoms with E-state index in [1.165, 1.54) is 29.1 Å². The minimum Gasteiger partial charge on any atom is -0.389 e. The molecule has 3 N–H and O–H groups in total. The highest BCUT2D eigenvalue weighted by molar-refractivity contribution is 7.80. The second kappa shape index (κ2) is 5.15. The van der Waals surface area contributed by atoms with E-state index in [2.05, 4.69) is 10.4 Å². The van der Waals surface area contributed by atoms with Gasteiger partial charge in [0, 0.05) is 12.6 Å². The van der Waals surface area contributed by atoms with Crippen LogP contribution in [0.5, 0.6) is 0 Å². The fraction of sp³-hybridized carbons (Fsp3) is 0.0833. The molecule has 0 aliphatic heterocycles. The first-order chi connectivity index (χ1) is 8.99. The van der Waals surface area contributed by atoms with Crippen molar-refractivity contribution in [1.82, 2.24) is 9.78 Å². The molecule has 0 unspecified atom stereocenters. The molecule has 0 saturated heterocycles. The highest BCUT2D eigenvalue weighted by atomic mass is 32.1. The van der Waals surface area contributed by atoms with Gasteiger partial charge >= 0.3 is 0 Å². The molecule has 0 atom stereocenters. The van der Waals surface area contributed by atoms with Crippen LogP contribution in [0.25, 0.3) is 0 Å². The summed E-state index contributed by atoms with van der Waals surface area (Å²) in [7, 11) is 1.64. The lowest BCUT2D eigenvalue weighted by Crippen LogP contribution is -2.18. The molecular weight excluding hydrogens is 267 g/mol. The van der Waals surface area contributed by atoms with Crippen LogP contribution in [0.15, 0.2) is 30.5 Å². The van der Waals surface area contributed by atoms with Crippen molar-refractivity contribution in [3.8, 4) is 0 Å². The molecule has 2 rings (SSSR count). The largest absolute Gasteiger partial charge is 0.389 e. The molecule has 1 heterocycles. The number of thiocarbonyl (C=S) groups is 1. The van der Waals surface area contributed by atoms with E-state index >= 15 is 0 Å².